The van der Waals surface area contributed by atoms with Gasteiger partial charge in [0.2, 0.25) is 11.9 Å². The molecule has 1 aliphatic rings. The quantitative estimate of drug-likeness (QED) is 0.317. The number of β-amino-alcohol motifs (C(OH)–C–C–N with tert-alkyl or cyclic N) is 1. The number of esters is 1. The molecule has 3 aromatic rings. The average Bonchev–Trinajstić information content (AvgIpc) is 3.20. The number of hydrogen-bond donors (Lipinski definition) is 3. The van der Waals surface area contributed by atoms with E-state index in [1.807, 2.05) is 36.1 Å². The predicted molar refractivity (Wildman–Crippen MR) is 126 cm³/mol. The van der Waals surface area contributed by atoms with Crippen LogP contribution in [-0.2, 0) is 16.1 Å². The fourth-order valence-corrected chi connectivity index (χ4v) is 3.39. The first-order valence-corrected chi connectivity index (χ1v) is 10.9. The lowest BCUT2D eigenvalue weighted by atomic mass is 10.1. The highest BCUT2D eigenvalue weighted by atomic mass is 16.5. The number of aromatic amines is 1. The molecule has 1 fully saturated rings. The van der Waals surface area contributed by atoms with Gasteiger partial charge in [-0.25, -0.2) is 4.79 Å². The summed E-state index contributed by atoms with van der Waals surface area (Å²) in [5.74, 6) is 1.49. The molecule has 0 amide bonds. The van der Waals surface area contributed by atoms with Crippen LogP contribution >= 0.6 is 0 Å². The van der Waals surface area contributed by atoms with Crippen molar-refractivity contribution in [1.82, 2.24) is 25.1 Å². The molecular formula is C23H27N7O4. The Morgan fingerprint density at radius 2 is 2.03 bits per heavy atom. The number of aromatic nitrogens is 5. The maximum absolute atomic E-state index is 11.8. The Morgan fingerprint density at radius 3 is 2.71 bits per heavy atom. The van der Waals surface area contributed by atoms with E-state index in [0.29, 0.717) is 55.2 Å². The van der Waals surface area contributed by atoms with E-state index in [4.69, 9.17) is 9.47 Å². The first kappa shape index (κ1) is 23.2. The van der Waals surface area contributed by atoms with Gasteiger partial charge in [-0.05, 0) is 37.6 Å². The summed E-state index contributed by atoms with van der Waals surface area (Å²) in [4.78, 5) is 27.3. The van der Waals surface area contributed by atoms with Crippen LogP contribution < -0.4 is 15.0 Å². The summed E-state index contributed by atoms with van der Waals surface area (Å²) in [5, 5.41) is 20.2. The number of benzene rings is 1. The molecule has 0 saturated carbocycles. The van der Waals surface area contributed by atoms with Crippen molar-refractivity contribution in [2.75, 3.05) is 37.0 Å². The summed E-state index contributed by atoms with van der Waals surface area (Å²) < 4.78 is 10.2. The van der Waals surface area contributed by atoms with E-state index in [-0.39, 0.29) is 0 Å². The molecular weight excluding hydrogens is 438 g/mol. The van der Waals surface area contributed by atoms with Crippen LogP contribution in [0.4, 0.5) is 11.9 Å². The molecule has 1 aliphatic heterocycles. The fraction of sp³-hybridized carbons (Fsp3) is 0.348. The summed E-state index contributed by atoms with van der Waals surface area (Å²) in [6.45, 7) is 5.26. The summed E-state index contributed by atoms with van der Waals surface area (Å²) >= 11 is 0. The largest absolute Gasteiger partial charge is 0.497 e. The van der Waals surface area contributed by atoms with Crippen molar-refractivity contribution in [2.45, 2.75) is 26.5 Å². The van der Waals surface area contributed by atoms with Crippen LogP contribution in [0, 0.1) is 6.92 Å². The smallest absolute Gasteiger partial charge is 0.330 e. The molecule has 4 rings (SSSR count). The number of ether oxygens (including phenoxy) is 2. The average molecular weight is 466 g/mol. The van der Waals surface area contributed by atoms with Gasteiger partial charge in [-0.3, -0.25) is 5.10 Å². The molecule has 3 heterocycles. The zero-order valence-corrected chi connectivity index (χ0v) is 19.3. The maximum Gasteiger partial charge on any atom is 0.330 e. The molecule has 0 unspecified atom stereocenters. The third-order valence-electron chi connectivity index (χ3n) is 5.26. The van der Waals surface area contributed by atoms with E-state index in [1.165, 1.54) is 6.08 Å². The monoisotopic (exact) mass is 465 g/mol. The standard InChI is InChI=1S/C23H27N7O4/c1-4-34-19(32)10-9-18-14(2)28-29-20(18)21-25-22(27-23(26-21)30-12-16(31)13-30)24-11-15-5-7-17(33-3)8-6-15/h5-10,16,31H,4,11-13H2,1-3H3,(H,28,29)(H,24,25,26,27). The number of rotatable bonds is 9. The third-order valence-corrected chi connectivity index (χ3v) is 5.26. The second kappa shape index (κ2) is 10.3. The van der Waals surface area contributed by atoms with Crippen LogP contribution in [0.1, 0.15) is 23.7 Å². The Hall–Kier alpha value is -3.99. The third kappa shape index (κ3) is 5.31. The van der Waals surface area contributed by atoms with Gasteiger partial charge in [0.15, 0.2) is 5.82 Å². The first-order valence-electron chi connectivity index (χ1n) is 10.9. The molecule has 0 bridgehead atoms. The highest BCUT2D eigenvalue weighted by Gasteiger charge is 2.28. The van der Waals surface area contributed by atoms with Gasteiger partial charge < -0.3 is 24.8 Å². The molecule has 34 heavy (non-hydrogen) atoms. The summed E-state index contributed by atoms with van der Waals surface area (Å²) in [6.07, 6.45) is 2.57. The Bertz CT molecular complexity index is 1170. The van der Waals surface area contributed by atoms with Crippen molar-refractivity contribution in [1.29, 1.82) is 0 Å². The van der Waals surface area contributed by atoms with Crippen LogP contribution in [0.2, 0.25) is 0 Å². The van der Waals surface area contributed by atoms with Gasteiger partial charge in [0.1, 0.15) is 11.4 Å². The van der Waals surface area contributed by atoms with E-state index in [1.54, 1.807) is 20.1 Å². The molecule has 11 nitrogen and oxygen atoms in total. The van der Waals surface area contributed by atoms with Crippen molar-refractivity contribution in [3.8, 4) is 17.3 Å². The van der Waals surface area contributed by atoms with Crippen LogP contribution in [0.25, 0.3) is 17.6 Å². The Balaban J connectivity index is 1.63. The normalized spacial score (nSPS) is 13.7. The number of aliphatic hydroxyl groups is 1. The zero-order chi connectivity index (χ0) is 24.1. The second-order valence-electron chi connectivity index (χ2n) is 7.74. The maximum atomic E-state index is 11.8. The predicted octanol–water partition coefficient (Wildman–Crippen LogP) is 1.95. The zero-order valence-electron chi connectivity index (χ0n) is 19.3. The van der Waals surface area contributed by atoms with Gasteiger partial charge >= 0.3 is 5.97 Å². The van der Waals surface area contributed by atoms with Gasteiger partial charge in [-0.15, -0.1) is 0 Å². The van der Waals surface area contributed by atoms with Gasteiger partial charge in [-0.2, -0.15) is 20.1 Å². The molecule has 178 valence electrons. The van der Waals surface area contributed by atoms with Crippen molar-refractivity contribution >= 4 is 23.9 Å². The van der Waals surface area contributed by atoms with Crippen LogP contribution in [0.3, 0.4) is 0 Å². The second-order valence-corrected chi connectivity index (χ2v) is 7.74. The Kier molecular flexibility index (Phi) is 7.02. The lowest BCUT2D eigenvalue weighted by molar-refractivity contribution is -0.137. The number of methoxy groups -OCH3 is 1. The minimum atomic E-state index is -0.443. The first-order chi connectivity index (χ1) is 16.5. The molecule has 0 aliphatic carbocycles. The van der Waals surface area contributed by atoms with E-state index >= 15 is 0 Å². The van der Waals surface area contributed by atoms with Gasteiger partial charge in [0.05, 0.1) is 19.8 Å². The fourth-order valence-electron chi connectivity index (χ4n) is 3.39. The van der Waals surface area contributed by atoms with E-state index < -0.39 is 12.1 Å². The molecule has 3 N–H and O–H groups in total. The molecule has 1 saturated heterocycles. The Labute approximate surface area is 196 Å². The SMILES string of the molecule is CCOC(=O)C=Cc1c(-c2nc(NCc3ccc(OC)cc3)nc(N3CC(O)C3)n2)n[nH]c1C. The number of H-pyrrole nitrogens is 1. The van der Waals surface area contributed by atoms with Crippen LogP contribution in [-0.4, -0.2) is 69.1 Å². The highest BCUT2D eigenvalue weighted by Crippen LogP contribution is 2.26. The van der Waals surface area contributed by atoms with Crippen LogP contribution in [0.15, 0.2) is 30.3 Å². The summed E-state index contributed by atoms with van der Waals surface area (Å²) in [7, 11) is 1.63. The topological polar surface area (TPSA) is 138 Å². The number of aryl methyl sites for hydroxylation is 1. The van der Waals surface area contributed by atoms with Gasteiger partial charge in [0.25, 0.3) is 0 Å². The minimum Gasteiger partial charge on any atom is -0.497 e. The van der Waals surface area contributed by atoms with Crippen molar-refractivity contribution in [3.63, 3.8) is 0 Å². The lowest BCUT2D eigenvalue weighted by Crippen LogP contribution is -2.51. The van der Waals surface area contributed by atoms with Crippen molar-refractivity contribution in [3.05, 3.63) is 47.2 Å². The number of anilines is 2. The molecule has 0 atom stereocenters. The Morgan fingerprint density at radius 1 is 1.26 bits per heavy atom. The molecule has 2 aromatic heterocycles. The number of carbonyl (C=O) groups is 1. The van der Waals surface area contributed by atoms with Crippen molar-refractivity contribution < 1.29 is 19.4 Å². The van der Waals surface area contributed by atoms with E-state index in [9.17, 15) is 9.90 Å². The molecule has 1 aromatic carbocycles. The summed E-state index contributed by atoms with van der Waals surface area (Å²) in [5.41, 5.74) is 2.94. The van der Waals surface area contributed by atoms with E-state index in [0.717, 1.165) is 17.0 Å². The number of nitrogens with one attached hydrogen (secondary N) is 2. The number of hydrogen-bond acceptors (Lipinski definition) is 10. The van der Waals surface area contributed by atoms with Gasteiger partial charge in [-0.1, -0.05) is 12.1 Å². The molecule has 0 spiro atoms. The number of nitrogens with zero attached hydrogens (tertiary/aromatic N) is 5. The van der Waals surface area contributed by atoms with Crippen LogP contribution in [0.5, 0.6) is 5.75 Å². The van der Waals surface area contributed by atoms with Gasteiger partial charge in [0, 0.05) is 37.0 Å². The summed E-state index contributed by atoms with van der Waals surface area (Å²) in [6, 6.07) is 7.68. The minimum absolute atomic E-state index is 0.294. The highest BCUT2D eigenvalue weighted by molar-refractivity contribution is 5.88. The molecule has 0 radical (unpaired) electrons. The number of aliphatic hydroxyl groups excluding tert-OH is 1. The number of carbonyl (C=O) groups excluding carboxylic acids is 1. The van der Waals surface area contributed by atoms with E-state index in [2.05, 4.69) is 30.5 Å². The lowest BCUT2D eigenvalue weighted by Gasteiger charge is -2.35. The molecule has 11 heteroatoms. The van der Waals surface area contributed by atoms with Crippen molar-refractivity contribution in [2.24, 2.45) is 0 Å².